The molecule has 6 nitrogen and oxygen atoms in total. The van der Waals surface area contributed by atoms with Crippen molar-refractivity contribution in [1.29, 1.82) is 0 Å². The van der Waals surface area contributed by atoms with E-state index in [4.69, 9.17) is 16.7 Å². The van der Waals surface area contributed by atoms with Crippen molar-refractivity contribution in [1.82, 2.24) is 4.31 Å². The van der Waals surface area contributed by atoms with E-state index in [1.165, 1.54) is 4.31 Å². The van der Waals surface area contributed by atoms with Gasteiger partial charge in [0.05, 0.1) is 0 Å². The molecule has 2 heterocycles. The molecule has 8 heteroatoms. The topological polar surface area (TPSA) is 83.7 Å². The lowest BCUT2D eigenvalue weighted by molar-refractivity contribution is -0.123. The van der Waals surface area contributed by atoms with Gasteiger partial charge in [0.1, 0.15) is 0 Å². The Kier molecular flexibility index (Phi) is 4.15. The molecule has 0 bridgehead atoms. The van der Waals surface area contributed by atoms with Crippen molar-refractivity contribution in [3.8, 4) is 0 Å². The number of hydrogen-bond acceptors (Lipinski definition) is 3. The standard InChI is InChI=1S/C14H18ClN3O3S/c15-12-2-1-10-5-8-18(13(10)9-12)14(19)11-3-6-17(7-4-11)22(16,20)21/h1-2,9,11H,3-8H2,(H2,16,20,21). The monoisotopic (exact) mass is 343 g/mol. The number of benzene rings is 1. The van der Waals surface area contributed by atoms with Crippen molar-refractivity contribution in [2.75, 3.05) is 24.5 Å². The van der Waals surface area contributed by atoms with E-state index in [1.54, 1.807) is 4.90 Å². The van der Waals surface area contributed by atoms with Crippen molar-refractivity contribution in [2.45, 2.75) is 19.3 Å². The molecule has 1 amide bonds. The Morgan fingerprint density at radius 1 is 1.23 bits per heavy atom. The first-order chi connectivity index (χ1) is 10.4. The Labute approximate surface area is 135 Å². The highest BCUT2D eigenvalue weighted by Crippen LogP contribution is 2.33. The summed E-state index contributed by atoms with van der Waals surface area (Å²) in [5, 5.41) is 5.74. The summed E-state index contributed by atoms with van der Waals surface area (Å²) in [5.41, 5.74) is 2.01. The minimum absolute atomic E-state index is 0.0510. The fourth-order valence-electron chi connectivity index (χ4n) is 3.16. The Bertz CT molecular complexity index is 699. The maximum Gasteiger partial charge on any atom is 0.276 e. The van der Waals surface area contributed by atoms with Crippen LogP contribution in [0.3, 0.4) is 0 Å². The van der Waals surface area contributed by atoms with E-state index in [9.17, 15) is 13.2 Å². The Morgan fingerprint density at radius 2 is 1.91 bits per heavy atom. The highest BCUT2D eigenvalue weighted by molar-refractivity contribution is 7.86. The fraction of sp³-hybridized carbons (Fsp3) is 0.500. The molecule has 0 radical (unpaired) electrons. The van der Waals surface area contributed by atoms with Gasteiger partial charge in [0, 0.05) is 36.3 Å². The average molecular weight is 344 g/mol. The van der Waals surface area contributed by atoms with E-state index in [0.29, 0.717) is 37.5 Å². The largest absolute Gasteiger partial charge is 0.312 e. The Hall–Kier alpha value is -1.15. The van der Waals surface area contributed by atoms with Gasteiger partial charge in [-0.2, -0.15) is 12.7 Å². The molecule has 0 saturated carbocycles. The van der Waals surface area contributed by atoms with Gasteiger partial charge in [0.2, 0.25) is 5.91 Å². The van der Waals surface area contributed by atoms with Crippen LogP contribution >= 0.6 is 11.6 Å². The minimum Gasteiger partial charge on any atom is -0.312 e. The lowest BCUT2D eigenvalue weighted by atomic mass is 9.96. The van der Waals surface area contributed by atoms with Crippen LogP contribution in [0.25, 0.3) is 0 Å². The highest BCUT2D eigenvalue weighted by Gasteiger charge is 2.34. The first kappa shape index (κ1) is 15.7. The summed E-state index contributed by atoms with van der Waals surface area (Å²) >= 11 is 6.02. The summed E-state index contributed by atoms with van der Waals surface area (Å²) < 4.78 is 23.9. The summed E-state index contributed by atoms with van der Waals surface area (Å²) in [5.74, 6) is -0.113. The van der Waals surface area contributed by atoms with Crippen molar-refractivity contribution >= 4 is 33.4 Å². The number of amides is 1. The van der Waals surface area contributed by atoms with Gasteiger partial charge in [0.25, 0.3) is 10.2 Å². The molecule has 22 heavy (non-hydrogen) atoms. The smallest absolute Gasteiger partial charge is 0.276 e. The number of piperidine rings is 1. The molecule has 1 aromatic rings. The third-order valence-corrected chi connectivity index (χ3v) is 5.69. The molecular weight excluding hydrogens is 326 g/mol. The van der Waals surface area contributed by atoms with Gasteiger partial charge in [-0.25, -0.2) is 5.14 Å². The number of halogens is 1. The van der Waals surface area contributed by atoms with Crippen LogP contribution in [0.1, 0.15) is 18.4 Å². The summed E-state index contributed by atoms with van der Waals surface area (Å²) in [6.07, 6.45) is 1.83. The average Bonchev–Trinajstić information content (AvgIpc) is 2.88. The molecule has 1 aromatic carbocycles. The molecule has 0 aliphatic carbocycles. The van der Waals surface area contributed by atoms with Crippen LogP contribution in [0.4, 0.5) is 5.69 Å². The lowest BCUT2D eigenvalue weighted by Crippen LogP contribution is -2.46. The van der Waals surface area contributed by atoms with Crippen molar-refractivity contribution in [2.24, 2.45) is 11.1 Å². The molecule has 1 fully saturated rings. The number of anilines is 1. The van der Waals surface area contributed by atoms with Crippen LogP contribution in [0.2, 0.25) is 5.02 Å². The lowest BCUT2D eigenvalue weighted by Gasteiger charge is -2.31. The number of nitrogens with two attached hydrogens (primary N) is 1. The second-order valence-corrected chi connectivity index (χ2v) is 7.71. The van der Waals surface area contributed by atoms with Gasteiger partial charge < -0.3 is 4.90 Å². The van der Waals surface area contributed by atoms with E-state index in [0.717, 1.165) is 17.7 Å². The highest BCUT2D eigenvalue weighted by atomic mass is 35.5. The predicted molar refractivity (Wildman–Crippen MR) is 84.9 cm³/mol. The zero-order chi connectivity index (χ0) is 15.9. The number of carbonyl (C=O) groups is 1. The van der Waals surface area contributed by atoms with Gasteiger partial charge in [-0.1, -0.05) is 17.7 Å². The quantitative estimate of drug-likeness (QED) is 0.874. The molecule has 120 valence electrons. The molecule has 1 saturated heterocycles. The maximum atomic E-state index is 12.7. The minimum atomic E-state index is -3.66. The van der Waals surface area contributed by atoms with Crippen LogP contribution in [0.5, 0.6) is 0 Å². The zero-order valence-electron chi connectivity index (χ0n) is 12.0. The first-order valence-electron chi connectivity index (χ1n) is 7.24. The predicted octanol–water partition coefficient (Wildman–Crippen LogP) is 1.14. The van der Waals surface area contributed by atoms with Crippen molar-refractivity contribution < 1.29 is 13.2 Å². The van der Waals surface area contributed by atoms with E-state index in [1.807, 2.05) is 18.2 Å². The third kappa shape index (κ3) is 2.99. The van der Waals surface area contributed by atoms with Crippen LogP contribution in [0.15, 0.2) is 18.2 Å². The van der Waals surface area contributed by atoms with Gasteiger partial charge in [-0.05, 0) is 37.0 Å². The Balaban J connectivity index is 1.71. The van der Waals surface area contributed by atoms with Crippen LogP contribution in [0, 0.1) is 5.92 Å². The van der Waals surface area contributed by atoms with E-state index in [-0.39, 0.29) is 11.8 Å². The molecule has 0 atom stereocenters. The van der Waals surface area contributed by atoms with Crippen LogP contribution in [-0.2, 0) is 21.4 Å². The number of rotatable bonds is 2. The first-order valence-corrected chi connectivity index (χ1v) is 9.12. The number of hydrogen-bond donors (Lipinski definition) is 1. The van der Waals surface area contributed by atoms with E-state index < -0.39 is 10.2 Å². The fourth-order valence-corrected chi connectivity index (χ4v) is 4.05. The summed E-state index contributed by atoms with van der Waals surface area (Å²) in [7, 11) is -3.66. The summed E-state index contributed by atoms with van der Waals surface area (Å²) in [4.78, 5) is 14.5. The molecule has 2 aliphatic rings. The maximum absolute atomic E-state index is 12.7. The molecule has 0 spiro atoms. The summed E-state index contributed by atoms with van der Waals surface area (Å²) in [6.45, 7) is 1.25. The molecular formula is C14H18ClN3O3S. The van der Waals surface area contributed by atoms with Crippen molar-refractivity contribution in [3.05, 3.63) is 28.8 Å². The third-order valence-electron chi connectivity index (χ3n) is 4.37. The van der Waals surface area contributed by atoms with Gasteiger partial charge in [-0.3, -0.25) is 4.79 Å². The number of nitrogens with zero attached hydrogens (tertiary/aromatic N) is 2. The van der Waals surface area contributed by atoms with Gasteiger partial charge >= 0.3 is 0 Å². The van der Waals surface area contributed by atoms with Gasteiger partial charge in [-0.15, -0.1) is 0 Å². The molecule has 2 N–H and O–H groups in total. The normalized spacial score (nSPS) is 20.2. The van der Waals surface area contributed by atoms with Crippen LogP contribution < -0.4 is 10.0 Å². The van der Waals surface area contributed by atoms with E-state index in [2.05, 4.69) is 0 Å². The van der Waals surface area contributed by atoms with Gasteiger partial charge in [0.15, 0.2) is 0 Å². The number of fused-ring (bicyclic) bond motifs is 1. The second-order valence-electron chi connectivity index (χ2n) is 5.73. The zero-order valence-corrected chi connectivity index (χ0v) is 13.6. The summed E-state index contributed by atoms with van der Waals surface area (Å²) in [6, 6.07) is 5.61. The van der Waals surface area contributed by atoms with Crippen molar-refractivity contribution in [3.63, 3.8) is 0 Å². The molecule has 2 aliphatic heterocycles. The SMILES string of the molecule is NS(=O)(=O)N1CCC(C(=O)N2CCc3ccc(Cl)cc32)CC1. The Morgan fingerprint density at radius 3 is 2.55 bits per heavy atom. The molecule has 0 aromatic heterocycles. The van der Waals surface area contributed by atoms with Crippen LogP contribution in [-0.4, -0.2) is 38.3 Å². The second kappa shape index (κ2) is 5.81. The van der Waals surface area contributed by atoms with E-state index >= 15 is 0 Å². The molecule has 0 unspecified atom stereocenters. The molecule has 3 rings (SSSR count). The number of carbonyl (C=O) groups excluding carboxylic acids is 1.